The maximum atomic E-state index is 5.19. The highest BCUT2D eigenvalue weighted by Crippen LogP contribution is 2.24. The van der Waals surface area contributed by atoms with Gasteiger partial charge in [0.05, 0.1) is 12.8 Å². The molecule has 0 saturated carbocycles. The van der Waals surface area contributed by atoms with Crippen LogP contribution in [0.15, 0.2) is 42.5 Å². The summed E-state index contributed by atoms with van der Waals surface area (Å²) in [6.07, 6.45) is 0. The summed E-state index contributed by atoms with van der Waals surface area (Å²) in [6.45, 7) is 0. The third kappa shape index (κ3) is 2.42. The minimum absolute atomic E-state index is 0.649. The first kappa shape index (κ1) is 11.1. The van der Waals surface area contributed by atoms with E-state index >= 15 is 0 Å². The number of halogens is 1. The summed E-state index contributed by atoms with van der Waals surface area (Å²) in [5.41, 5.74) is 3.27. The van der Waals surface area contributed by atoms with E-state index in [4.69, 9.17) is 4.74 Å². The molecule has 0 saturated heterocycles. The lowest BCUT2D eigenvalue weighted by atomic mass is 10.1. The molecule has 0 radical (unpaired) electrons. The third-order valence-electron chi connectivity index (χ3n) is 2.31. The van der Waals surface area contributed by atoms with Crippen LogP contribution in [0.4, 0.5) is 0 Å². The van der Waals surface area contributed by atoms with Gasteiger partial charge in [-0.25, -0.2) is 4.98 Å². The number of rotatable bonds is 3. The molecular formula is C13H12BrNO. The van der Waals surface area contributed by atoms with Crippen LogP contribution in [-0.4, -0.2) is 12.1 Å². The standard InChI is InChI=1S/C13H12BrNO/c1-16-13-8-11(7-12(9-14)15-13)10-5-3-2-4-6-10/h2-8H,9H2,1H3. The molecule has 2 aromatic rings. The van der Waals surface area contributed by atoms with E-state index in [0.29, 0.717) is 5.88 Å². The van der Waals surface area contributed by atoms with Crippen LogP contribution < -0.4 is 4.74 Å². The fraction of sp³-hybridized carbons (Fsp3) is 0.154. The van der Waals surface area contributed by atoms with Crippen LogP contribution in [0.1, 0.15) is 5.69 Å². The van der Waals surface area contributed by atoms with Crippen LogP contribution in [-0.2, 0) is 5.33 Å². The van der Waals surface area contributed by atoms with Crippen LogP contribution in [0.3, 0.4) is 0 Å². The number of aromatic nitrogens is 1. The minimum atomic E-state index is 0.649. The summed E-state index contributed by atoms with van der Waals surface area (Å²) in [6, 6.07) is 14.2. The normalized spacial score (nSPS) is 10.1. The molecule has 0 N–H and O–H groups in total. The van der Waals surface area contributed by atoms with Gasteiger partial charge in [-0.1, -0.05) is 46.3 Å². The fourth-order valence-electron chi connectivity index (χ4n) is 1.53. The van der Waals surface area contributed by atoms with E-state index in [1.807, 2.05) is 24.3 Å². The number of benzene rings is 1. The molecule has 1 aromatic heterocycles. The zero-order valence-electron chi connectivity index (χ0n) is 8.98. The van der Waals surface area contributed by atoms with Gasteiger partial charge in [-0.15, -0.1) is 0 Å². The molecule has 0 aliphatic carbocycles. The van der Waals surface area contributed by atoms with Crippen LogP contribution in [0.2, 0.25) is 0 Å². The van der Waals surface area contributed by atoms with Gasteiger partial charge in [-0.3, -0.25) is 0 Å². The lowest BCUT2D eigenvalue weighted by Crippen LogP contribution is -1.93. The van der Waals surface area contributed by atoms with Gasteiger partial charge in [-0.05, 0) is 17.2 Å². The zero-order valence-corrected chi connectivity index (χ0v) is 10.6. The molecule has 0 bridgehead atoms. The Labute approximate surface area is 103 Å². The van der Waals surface area contributed by atoms with Crippen molar-refractivity contribution in [2.24, 2.45) is 0 Å². The quantitative estimate of drug-likeness (QED) is 0.799. The van der Waals surface area contributed by atoms with Crippen molar-refractivity contribution in [2.45, 2.75) is 5.33 Å². The number of nitrogens with zero attached hydrogens (tertiary/aromatic N) is 1. The Balaban J connectivity index is 2.48. The Hall–Kier alpha value is -1.35. The highest BCUT2D eigenvalue weighted by atomic mass is 79.9. The van der Waals surface area contributed by atoms with Gasteiger partial charge in [0.15, 0.2) is 0 Å². The van der Waals surface area contributed by atoms with E-state index in [0.717, 1.165) is 16.6 Å². The van der Waals surface area contributed by atoms with Crippen molar-refractivity contribution in [3.05, 3.63) is 48.2 Å². The minimum Gasteiger partial charge on any atom is -0.481 e. The number of hydrogen-bond acceptors (Lipinski definition) is 2. The average molecular weight is 278 g/mol. The Kier molecular flexibility index (Phi) is 3.57. The molecule has 0 aliphatic rings. The molecule has 1 aromatic carbocycles. The summed E-state index contributed by atoms with van der Waals surface area (Å²) in [5.74, 6) is 0.649. The Morgan fingerprint density at radius 3 is 2.50 bits per heavy atom. The van der Waals surface area contributed by atoms with Crippen molar-refractivity contribution >= 4 is 15.9 Å². The maximum Gasteiger partial charge on any atom is 0.213 e. The number of alkyl halides is 1. The second-order valence-corrected chi connectivity index (χ2v) is 3.95. The first-order chi connectivity index (χ1) is 7.83. The molecule has 16 heavy (non-hydrogen) atoms. The smallest absolute Gasteiger partial charge is 0.213 e. The second-order valence-electron chi connectivity index (χ2n) is 3.39. The summed E-state index contributed by atoms with van der Waals surface area (Å²) >= 11 is 3.41. The molecule has 0 unspecified atom stereocenters. The SMILES string of the molecule is COc1cc(-c2ccccc2)cc(CBr)n1. The molecule has 3 heteroatoms. The number of ether oxygens (including phenoxy) is 1. The van der Waals surface area contributed by atoms with E-state index in [1.54, 1.807) is 7.11 Å². The number of hydrogen-bond donors (Lipinski definition) is 0. The van der Waals surface area contributed by atoms with E-state index in [2.05, 4.69) is 39.1 Å². The fourth-order valence-corrected chi connectivity index (χ4v) is 1.82. The van der Waals surface area contributed by atoms with Gasteiger partial charge >= 0.3 is 0 Å². The van der Waals surface area contributed by atoms with Crippen LogP contribution >= 0.6 is 15.9 Å². The molecule has 2 nitrogen and oxygen atoms in total. The van der Waals surface area contributed by atoms with E-state index in [1.165, 1.54) is 5.56 Å². The number of methoxy groups -OCH3 is 1. The molecule has 0 fully saturated rings. The van der Waals surface area contributed by atoms with Crippen molar-refractivity contribution in [2.75, 3.05) is 7.11 Å². The Bertz CT molecular complexity index is 448. The summed E-state index contributed by atoms with van der Waals surface area (Å²) in [5, 5.41) is 0.726. The molecular weight excluding hydrogens is 266 g/mol. The van der Waals surface area contributed by atoms with Gasteiger partial charge in [-0.2, -0.15) is 0 Å². The maximum absolute atomic E-state index is 5.19. The number of pyridine rings is 1. The van der Waals surface area contributed by atoms with Gasteiger partial charge < -0.3 is 4.74 Å². The van der Waals surface area contributed by atoms with Crippen LogP contribution in [0, 0.1) is 0 Å². The highest BCUT2D eigenvalue weighted by molar-refractivity contribution is 9.08. The monoisotopic (exact) mass is 277 g/mol. The van der Waals surface area contributed by atoms with Crippen LogP contribution in [0.25, 0.3) is 11.1 Å². The van der Waals surface area contributed by atoms with E-state index in [9.17, 15) is 0 Å². The lowest BCUT2D eigenvalue weighted by molar-refractivity contribution is 0.397. The van der Waals surface area contributed by atoms with E-state index in [-0.39, 0.29) is 0 Å². The van der Waals surface area contributed by atoms with Gasteiger partial charge in [0.25, 0.3) is 0 Å². The second kappa shape index (κ2) is 5.12. The van der Waals surface area contributed by atoms with Crippen molar-refractivity contribution in [1.82, 2.24) is 4.98 Å². The van der Waals surface area contributed by atoms with Crippen LogP contribution in [0.5, 0.6) is 5.88 Å². The molecule has 0 atom stereocenters. The van der Waals surface area contributed by atoms with Gasteiger partial charge in [0.1, 0.15) is 0 Å². The summed E-state index contributed by atoms with van der Waals surface area (Å²) in [4.78, 5) is 4.33. The molecule has 0 amide bonds. The first-order valence-corrected chi connectivity index (χ1v) is 6.12. The van der Waals surface area contributed by atoms with Gasteiger partial charge in [0.2, 0.25) is 5.88 Å². The Morgan fingerprint density at radius 1 is 1.12 bits per heavy atom. The topological polar surface area (TPSA) is 22.1 Å². The molecule has 1 heterocycles. The lowest BCUT2D eigenvalue weighted by Gasteiger charge is -2.06. The van der Waals surface area contributed by atoms with Gasteiger partial charge in [0, 0.05) is 11.4 Å². The average Bonchev–Trinajstić information content (AvgIpc) is 2.39. The zero-order chi connectivity index (χ0) is 11.4. The predicted octanol–water partition coefficient (Wildman–Crippen LogP) is 3.65. The third-order valence-corrected chi connectivity index (χ3v) is 2.88. The largest absolute Gasteiger partial charge is 0.481 e. The molecule has 2 rings (SSSR count). The highest BCUT2D eigenvalue weighted by Gasteiger charge is 2.03. The first-order valence-electron chi connectivity index (χ1n) is 5.00. The van der Waals surface area contributed by atoms with Crippen molar-refractivity contribution in [3.8, 4) is 17.0 Å². The van der Waals surface area contributed by atoms with E-state index < -0.39 is 0 Å². The predicted molar refractivity (Wildman–Crippen MR) is 68.9 cm³/mol. The molecule has 0 spiro atoms. The molecule has 82 valence electrons. The molecule has 0 aliphatic heterocycles. The van der Waals surface area contributed by atoms with Crippen molar-refractivity contribution in [3.63, 3.8) is 0 Å². The van der Waals surface area contributed by atoms with Crippen molar-refractivity contribution < 1.29 is 4.74 Å². The summed E-state index contributed by atoms with van der Waals surface area (Å²) < 4.78 is 5.19. The summed E-state index contributed by atoms with van der Waals surface area (Å²) in [7, 11) is 1.63. The van der Waals surface area contributed by atoms with Crippen molar-refractivity contribution in [1.29, 1.82) is 0 Å². The Morgan fingerprint density at radius 2 is 1.88 bits per heavy atom.